The molecule has 16 heavy (non-hydrogen) atoms. The SMILES string of the molecule is C[C@H](Cl)C(=O)N1C[C@@H]2CCCC(F)(F)[C@H]2C1. The minimum Gasteiger partial charge on any atom is -0.341 e. The lowest BCUT2D eigenvalue weighted by Gasteiger charge is -2.32. The van der Waals surface area contributed by atoms with Crippen LogP contribution in [0.25, 0.3) is 0 Å². The van der Waals surface area contributed by atoms with E-state index in [0.717, 1.165) is 6.42 Å². The number of likely N-dealkylation sites (tertiary alicyclic amines) is 1. The molecule has 0 radical (unpaired) electrons. The molecule has 0 aromatic carbocycles. The van der Waals surface area contributed by atoms with Gasteiger partial charge in [0, 0.05) is 25.4 Å². The van der Waals surface area contributed by atoms with E-state index >= 15 is 0 Å². The molecular formula is C11H16ClF2NO. The Morgan fingerprint density at radius 2 is 2.19 bits per heavy atom. The molecule has 5 heteroatoms. The van der Waals surface area contributed by atoms with Crippen LogP contribution in [0.2, 0.25) is 0 Å². The predicted octanol–water partition coefficient (Wildman–Crippen LogP) is 2.51. The molecule has 1 aliphatic heterocycles. The molecule has 2 nitrogen and oxygen atoms in total. The number of carbonyl (C=O) groups is 1. The van der Waals surface area contributed by atoms with Crippen molar-refractivity contribution in [3.8, 4) is 0 Å². The first-order valence-corrected chi connectivity index (χ1v) is 6.16. The van der Waals surface area contributed by atoms with Crippen LogP contribution in [0, 0.1) is 11.8 Å². The second kappa shape index (κ2) is 4.13. The van der Waals surface area contributed by atoms with E-state index in [1.54, 1.807) is 6.92 Å². The van der Waals surface area contributed by atoms with Crippen molar-refractivity contribution >= 4 is 17.5 Å². The number of carbonyl (C=O) groups excluding carboxylic acids is 1. The quantitative estimate of drug-likeness (QED) is 0.656. The van der Waals surface area contributed by atoms with Crippen LogP contribution in [0.1, 0.15) is 26.2 Å². The topological polar surface area (TPSA) is 20.3 Å². The summed E-state index contributed by atoms with van der Waals surface area (Å²) in [5, 5.41) is -0.617. The van der Waals surface area contributed by atoms with Crippen molar-refractivity contribution in [1.29, 1.82) is 0 Å². The van der Waals surface area contributed by atoms with Gasteiger partial charge in [-0.15, -0.1) is 11.6 Å². The first-order valence-electron chi connectivity index (χ1n) is 5.72. The van der Waals surface area contributed by atoms with Gasteiger partial charge < -0.3 is 4.90 Å². The van der Waals surface area contributed by atoms with Gasteiger partial charge in [-0.25, -0.2) is 8.78 Å². The van der Waals surface area contributed by atoms with Gasteiger partial charge in [-0.3, -0.25) is 4.79 Å². The van der Waals surface area contributed by atoms with E-state index in [1.807, 2.05) is 0 Å². The smallest absolute Gasteiger partial charge is 0.252 e. The van der Waals surface area contributed by atoms with E-state index in [-0.39, 0.29) is 24.8 Å². The van der Waals surface area contributed by atoms with Gasteiger partial charge in [0.15, 0.2) is 0 Å². The average Bonchev–Trinajstić information content (AvgIpc) is 2.61. The molecule has 0 aromatic rings. The summed E-state index contributed by atoms with van der Waals surface area (Å²) < 4.78 is 27.3. The van der Waals surface area contributed by atoms with E-state index < -0.39 is 17.2 Å². The highest BCUT2D eigenvalue weighted by molar-refractivity contribution is 6.30. The standard InChI is InChI=1S/C11H16ClF2NO/c1-7(12)10(16)15-5-8-3-2-4-11(13,14)9(8)6-15/h7-9H,2-6H2,1H3/t7-,8-,9-/m0/s1. The van der Waals surface area contributed by atoms with Crippen molar-refractivity contribution < 1.29 is 13.6 Å². The van der Waals surface area contributed by atoms with Gasteiger partial charge in [-0.2, -0.15) is 0 Å². The molecule has 2 rings (SSSR count). The third kappa shape index (κ3) is 2.04. The maximum absolute atomic E-state index is 13.6. The third-order valence-corrected chi connectivity index (χ3v) is 3.91. The van der Waals surface area contributed by atoms with E-state index in [1.165, 1.54) is 4.90 Å². The second-order valence-electron chi connectivity index (χ2n) is 4.88. The maximum Gasteiger partial charge on any atom is 0.252 e. The Bertz CT molecular complexity index is 296. The summed E-state index contributed by atoms with van der Waals surface area (Å²) in [5.74, 6) is -3.51. The van der Waals surface area contributed by atoms with Crippen LogP contribution in [0.15, 0.2) is 0 Å². The minimum atomic E-state index is -2.60. The molecule has 3 atom stereocenters. The molecule has 1 saturated carbocycles. The van der Waals surface area contributed by atoms with Gasteiger partial charge in [0.1, 0.15) is 5.38 Å². The van der Waals surface area contributed by atoms with Crippen LogP contribution < -0.4 is 0 Å². The fraction of sp³-hybridized carbons (Fsp3) is 0.909. The Morgan fingerprint density at radius 3 is 2.75 bits per heavy atom. The highest BCUT2D eigenvalue weighted by Gasteiger charge is 2.51. The first kappa shape index (κ1) is 12.1. The van der Waals surface area contributed by atoms with Crippen molar-refractivity contribution in [2.45, 2.75) is 37.5 Å². The molecule has 2 fully saturated rings. The minimum absolute atomic E-state index is 0.0351. The average molecular weight is 252 g/mol. The number of amides is 1. The number of nitrogens with zero attached hydrogens (tertiary/aromatic N) is 1. The Kier molecular flexibility index (Phi) is 3.12. The summed E-state index contributed by atoms with van der Waals surface area (Å²) >= 11 is 5.70. The highest BCUT2D eigenvalue weighted by Crippen LogP contribution is 2.45. The van der Waals surface area contributed by atoms with Crippen molar-refractivity contribution in [1.82, 2.24) is 4.90 Å². The molecule has 1 amide bonds. The zero-order valence-electron chi connectivity index (χ0n) is 9.26. The summed E-state index contributed by atoms with van der Waals surface area (Å²) in [4.78, 5) is 13.2. The van der Waals surface area contributed by atoms with Gasteiger partial charge in [0.05, 0.1) is 0 Å². The van der Waals surface area contributed by atoms with Crippen molar-refractivity contribution in [2.24, 2.45) is 11.8 Å². The lowest BCUT2D eigenvalue weighted by atomic mass is 9.79. The zero-order valence-corrected chi connectivity index (χ0v) is 10.0. The highest BCUT2D eigenvalue weighted by atomic mass is 35.5. The fourth-order valence-corrected chi connectivity index (χ4v) is 3.00. The van der Waals surface area contributed by atoms with E-state index in [2.05, 4.69) is 0 Å². The Balaban J connectivity index is 2.08. The largest absolute Gasteiger partial charge is 0.341 e. The number of hydrogen-bond acceptors (Lipinski definition) is 1. The van der Waals surface area contributed by atoms with Crippen LogP contribution in [0.5, 0.6) is 0 Å². The van der Waals surface area contributed by atoms with Crippen LogP contribution in [0.3, 0.4) is 0 Å². The van der Waals surface area contributed by atoms with Crippen LogP contribution >= 0.6 is 11.6 Å². The van der Waals surface area contributed by atoms with Crippen molar-refractivity contribution in [3.05, 3.63) is 0 Å². The number of fused-ring (bicyclic) bond motifs is 1. The van der Waals surface area contributed by atoms with Crippen LogP contribution in [-0.2, 0) is 4.79 Å². The summed E-state index contributed by atoms with van der Waals surface area (Å²) in [6.45, 7) is 2.22. The second-order valence-corrected chi connectivity index (χ2v) is 5.53. The molecule has 92 valence electrons. The van der Waals surface area contributed by atoms with Gasteiger partial charge in [-0.1, -0.05) is 0 Å². The van der Waals surface area contributed by atoms with E-state index in [0.29, 0.717) is 13.0 Å². The first-order chi connectivity index (χ1) is 7.42. The molecule has 0 aromatic heterocycles. The molecule has 1 aliphatic carbocycles. The summed E-state index contributed by atoms with van der Waals surface area (Å²) in [5.41, 5.74) is 0. The Morgan fingerprint density at radius 1 is 1.50 bits per heavy atom. The van der Waals surface area contributed by atoms with Crippen LogP contribution in [0.4, 0.5) is 8.78 Å². The number of hydrogen-bond donors (Lipinski definition) is 0. The maximum atomic E-state index is 13.6. The van der Waals surface area contributed by atoms with Gasteiger partial charge in [-0.05, 0) is 25.7 Å². The molecule has 0 unspecified atom stereocenters. The monoisotopic (exact) mass is 251 g/mol. The zero-order chi connectivity index (χ0) is 11.9. The lowest BCUT2D eigenvalue weighted by Crippen LogP contribution is -2.38. The third-order valence-electron chi connectivity index (χ3n) is 3.72. The molecule has 0 spiro atoms. The molecule has 2 aliphatic rings. The fourth-order valence-electron chi connectivity index (χ4n) is 2.86. The summed E-state index contributed by atoms with van der Waals surface area (Å²) in [7, 11) is 0. The Labute approximate surface area is 98.9 Å². The molecule has 1 heterocycles. The van der Waals surface area contributed by atoms with Crippen molar-refractivity contribution in [3.63, 3.8) is 0 Å². The van der Waals surface area contributed by atoms with Crippen molar-refractivity contribution in [2.75, 3.05) is 13.1 Å². The number of alkyl halides is 3. The van der Waals surface area contributed by atoms with Crippen LogP contribution in [-0.4, -0.2) is 35.2 Å². The lowest BCUT2D eigenvalue weighted by molar-refractivity contribution is -0.130. The molecule has 0 N–H and O–H groups in total. The number of rotatable bonds is 1. The van der Waals surface area contributed by atoms with Gasteiger partial charge in [0.25, 0.3) is 5.92 Å². The summed E-state index contributed by atoms with van der Waals surface area (Å²) in [6, 6.07) is 0. The Hall–Kier alpha value is -0.380. The predicted molar refractivity (Wildman–Crippen MR) is 57.7 cm³/mol. The van der Waals surface area contributed by atoms with Gasteiger partial charge in [0.2, 0.25) is 5.91 Å². The molecular weight excluding hydrogens is 236 g/mol. The normalized spacial score (nSPS) is 34.6. The van der Waals surface area contributed by atoms with E-state index in [9.17, 15) is 13.6 Å². The molecule has 0 bridgehead atoms. The van der Waals surface area contributed by atoms with E-state index in [4.69, 9.17) is 11.6 Å². The van der Waals surface area contributed by atoms with Gasteiger partial charge >= 0.3 is 0 Å². The summed E-state index contributed by atoms with van der Waals surface area (Å²) in [6.07, 6.45) is 1.33. The number of halogens is 3. The molecule has 1 saturated heterocycles.